The summed E-state index contributed by atoms with van der Waals surface area (Å²) in [6, 6.07) is 7.71. The van der Waals surface area contributed by atoms with E-state index in [1.54, 1.807) is 32.0 Å². The van der Waals surface area contributed by atoms with Crippen LogP contribution in [0.5, 0.6) is 0 Å². The highest BCUT2D eigenvalue weighted by atomic mass is 19.4. The Bertz CT molecular complexity index is 463. The van der Waals surface area contributed by atoms with Crippen LogP contribution in [0.25, 0.3) is 0 Å². The summed E-state index contributed by atoms with van der Waals surface area (Å²) in [5.41, 5.74) is -0.436. The highest BCUT2D eigenvalue weighted by Crippen LogP contribution is 2.25. The highest BCUT2D eigenvalue weighted by molar-refractivity contribution is 7.00. The van der Waals surface area contributed by atoms with Gasteiger partial charge in [-0.1, -0.05) is 35.8 Å². The van der Waals surface area contributed by atoms with Gasteiger partial charge in [0.1, 0.15) is 6.61 Å². The van der Waals surface area contributed by atoms with Crippen molar-refractivity contribution in [2.24, 2.45) is 4.99 Å². The van der Waals surface area contributed by atoms with Crippen molar-refractivity contribution in [2.45, 2.75) is 25.5 Å². The fourth-order valence-electron chi connectivity index (χ4n) is 1.88. The van der Waals surface area contributed by atoms with Gasteiger partial charge >= 0.3 is 12.8 Å². The highest BCUT2D eigenvalue weighted by Gasteiger charge is 2.52. The molecule has 112 valence electrons. The average Bonchev–Trinajstić information content (AvgIpc) is 2.58. The van der Waals surface area contributed by atoms with Crippen molar-refractivity contribution >= 4 is 18.0 Å². The lowest BCUT2D eigenvalue weighted by Crippen LogP contribution is -2.51. The summed E-state index contributed by atoms with van der Waals surface area (Å²) in [6.07, 6.45) is -4.40. The Balaban J connectivity index is 0.00000180. The largest absolute Gasteiger partial charge is 0.487 e. The lowest BCUT2D eigenvalue weighted by atomic mass is 9.43. The van der Waals surface area contributed by atoms with Crippen molar-refractivity contribution < 1.29 is 28.9 Å². The topological polar surface area (TPSA) is 84.6 Å². The number of hydrogen-bond donors (Lipinski definition) is 0. The van der Waals surface area contributed by atoms with Crippen LogP contribution in [0.2, 0.25) is 0 Å². The standard InChI is InChI=1S/C12H13BF3NO.2H2O/c1-11(2)8-18-10(17-11)13(12(14,15)16)9-6-4-3-5-7-9;;/h3-7H,8H2,1-2H3;2*1H2. The zero-order valence-corrected chi connectivity index (χ0v) is 11.2. The maximum atomic E-state index is 13.1. The Labute approximate surface area is 115 Å². The number of rotatable bonds is 2. The molecule has 20 heavy (non-hydrogen) atoms. The van der Waals surface area contributed by atoms with Gasteiger partial charge in [-0.05, 0) is 13.8 Å². The molecule has 0 fully saturated rings. The molecule has 4 nitrogen and oxygen atoms in total. The SMILES string of the molecule is CC1(C)COC(B(c2ccccc2)C(F)(F)F)=N1.O.O. The van der Waals surface area contributed by atoms with E-state index in [2.05, 4.69) is 4.99 Å². The first-order valence-corrected chi connectivity index (χ1v) is 5.64. The van der Waals surface area contributed by atoms with Gasteiger partial charge in [-0.2, -0.15) is 13.2 Å². The zero-order valence-electron chi connectivity index (χ0n) is 11.2. The number of nitrogens with zero attached hydrogens (tertiary/aromatic N) is 1. The number of alkyl halides is 3. The number of aliphatic imine (C=N–C) groups is 1. The summed E-state index contributed by atoms with van der Waals surface area (Å²) in [5, 5.41) is 0. The maximum Gasteiger partial charge on any atom is 0.405 e. The Kier molecular flexibility index (Phi) is 5.79. The van der Waals surface area contributed by atoms with Crippen LogP contribution in [0.1, 0.15) is 13.8 Å². The van der Waals surface area contributed by atoms with Crippen molar-refractivity contribution in [1.82, 2.24) is 0 Å². The molecule has 0 saturated carbocycles. The lowest BCUT2D eigenvalue weighted by molar-refractivity contribution is -0.0484. The van der Waals surface area contributed by atoms with E-state index in [9.17, 15) is 13.2 Å². The van der Waals surface area contributed by atoms with Crippen LogP contribution in [0.4, 0.5) is 13.2 Å². The van der Waals surface area contributed by atoms with Gasteiger partial charge in [-0.25, -0.2) is 0 Å². The smallest absolute Gasteiger partial charge is 0.405 e. The molecule has 1 aliphatic heterocycles. The third-order valence-corrected chi connectivity index (χ3v) is 2.69. The zero-order chi connectivity index (χ0) is 13.4. The van der Waals surface area contributed by atoms with E-state index in [1.807, 2.05) is 0 Å². The predicted molar refractivity (Wildman–Crippen MR) is 72.6 cm³/mol. The fraction of sp³-hybridized carbons (Fsp3) is 0.417. The quantitative estimate of drug-likeness (QED) is 0.734. The normalized spacial score (nSPS) is 16.4. The van der Waals surface area contributed by atoms with E-state index in [1.165, 1.54) is 12.1 Å². The summed E-state index contributed by atoms with van der Waals surface area (Å²) in [7, 11) is 0. The van der Waals surface area contributed by atoms with E-state index in [4.69, 9.17) is 4.74 Å². The summed E-state index contributed by atoms with van der Waals surface area (Å²) in [4.78, 5) is 4.04. The van der Waals surface area contributed by atoms with Crippen LogP contribution < -0.4 is 5.46 Å². The first-order chi connectivity index (χ1) is 8.30. The van der Waals surface area contributed by atoms with Gasteiger partial charge in [0.25, 0.3) is 0 Å². The summed E-state index contributed by atoms with van der Waals surface area (Å²) in [5.74, 6) is -0.237. The molecule has 0 atom stereocenters. The first kappa shape index (κ1) is 18.5. The van der Waals surface area contributed by atoms with Crippen LogP contribution in [-0.2, 0) is 4.74 Å². The summed E-state index contributed by atoms with van der Waals surface area (Å²) < 4.78 is 44.6. The molecule has 0 amide bonds. The van der Waals surface area contributed by atoms with Crippen LogP contribution in [0, 0.1) is 0 Å². The average molecular weight is 291 g/mol. The predicted octanol–water partition coefficient (Wildman–Crippen LogP) is 0.587. The van der Waals surface area contributed by atoms with Crippen molar-refractivity contribution in [2.75, 3.05) is 6.61 Å². The Morgan fingerprint density at radius 2 is 1.70 bits per heavy atom. The molecule has 1 aromatic carbocycles. The molecule has 0 saturated heterocycles. The molecule has 1 aliphatic rings. The minimum Gasteiger partial charge on any atom is -0.487 e. The molecule has 1 heterocycles. The van der Waals surface area contributed by atoms with E-state index in [-0.39, 0.29) is 28.8 Å². The fourth-order valence-corrected chi connectivity index (χ4v) is 1.88. The van der Waals surface area contributed by atoms with E-state index >= 15 is 0 Å². The van der Waals surface area contributed by atoms with Crippen molar-refractivity contribution in [3.8, 4) is 0 Å². The van der Waals surface area contributed by atoms with Crippen LogP contribution in [0.15, 0.2) is 35.3 Å². The summed E-state index contributed by atoms with van der Waals surface area (Å²) >= 11 is 0. The second-order valence-corrected chi connectivity index (χ2v) is 4.94. The number of ether oxygens (including phenoxy) is 1. The van der Waals surface area contributed by atoms with E-state index < -0.39 is 18.3 Å². The number of halogens is 3. The monoisotopic (exact) mass is 291 g/mol. The van der Waals surface area contributed by atoms with Crippen LogP contribution >= 0.6 is 0 Å². The first-order valence-electron chi connectivity index (χ1n) is 5.64. The molecule has 0 aromatic heterocycles. The van der Waals surface area contributed by atoms with Gasteiger partial charge in [0, 0.05) is 0 Å². The molecule has 0 bridgehead atoms. The molecule has 4 N–H and O–H groups in total. The van der Waals surface area contributed by atoms with Crippen molar-refractivity contribution in [1.29, 1.82) is 0 Å². The third kappa shape index (κ3) is 3.98. The minimum atomic E-state index is -4.40. The molecule has 8 heteroatoms. The third-order valence-electron chi connectivity index (χ3n) is 2.69. The maximum absolute atomic E-state index is 13.1. The van der Waals surface area contributed by atoms with Gasteiger partial charge in [-0.3, -0.25) is 4.99 Å². The van der Waals surface area contributed by atoms with E-state index in [0.29, 0.717) is 0 Å². The van der Waals surface area contributed by atoms with E-state index in [0.717, 1.165) is 0 Å². The summed E-state index contributed by atoms with van der Waals surface area (Å²) in [6.45, 7) is 1.90. The second-order valence-electron chi connectivity index (χ2n) is 4.94. The molecule has 0 aliphatic carbocycles. The Morgan fingerprint density at radius 1 is 1.15 bits per heavy atom. The molecule has 1 aromatic rings. The van der Waals surface area contributed by atoms with Crippen LogP contribution in [0.3, 0.4) is 0 Å². The number of hydrogen-bond acceptors (Lipinski definition) is 2. The Hall–Kier alpha value is -1.54. The lowest BCUT2D eigenvalue weighted by Gasteiger charge is -2.16. The minimum absolute atomic E-state index is 0. The van der Waals surface area contributed by atoms with Gasteiger partial charge in [0.05, 0.1) is 5.54 Å². The van der Waals surface area contributed by atoms with Gasteiger partial charge in [-0.15, -0.1) is 0 Å². The number of benzene rings is 1. The van der Waals surface area contributed by atoms with Gasteiger partial charge in [0.2, 0.25) is 0 Å². The van der Waals surface area contributed by atoms with Crippen molar-refractivity contribution in [3.63, 3.8) is 0 Å². The van der Waals surface area contributed by atoms with Gasteiger partial charge < -0.3 is 15.7 Å². The molecular formula is C12H17BF3NO3. The van der Waals surface area contributed by atoms with Crippen molar-refractivity contribution in [3.05, 3.63) is 30.3 Å². The molecule has 2 rings (SSSR count). The Morgan fingerprint density at radius 3 is 2.10 bits per heavy atom. The second kappa shape index (κ2) is 6.28. The molecular weight excluding hydrogens is 274 g/mol. The van der Waals surface area contributed by atoms with Crippen LogP contribution in [-0.4, -0.2) is 41.7 Å². The molecule has 0 unspecified atom stereocenters. The molecule has 0 radical (unpaired) electrons. The molecule has 0 spiro atoms. The van der Waals surface area contributed by atoms with Gasteiger partial charge in [0.15, 0.2) is 5.80 Å².